The molecule has 234 valence electrons. The summed E-state index contributed by atoms with van der Waals surface area (Å²) in [6.45, 7) is 0. The van der Waals surface area contributed by atoms with E-state index < -0.39 is 16.9 Å². The molecule has 1 heterocycles. The number of pyridine rings is 1. The predicted octanol–water partition coefficient (Wildman–Crippen LogP) is 8.91. The van der Waals surface area contributed by atoms with E-state index in [1.807, 2.05) is 24.3 Å². The number of carbonyl (C=O) groups is 2. The highest BCUT2D eigenvalue weighted by atomic mass is 35.5. The molecule has 5 aromatic carbocycles. The van der Waals surface area contributed by atoms with Crippen molar-refractivity contribution in [1.82, 2.24) is 0 Å². The molecule has 6 aromatic rings. The van der Waals surface area contributed by atoms with Crippen molar-refractivity contribution in [3.05, 3.63) is 133 Å². The molecule has 0 fully saturated rings. The second-order valence-electron chi connectivity index (χ2n) is 10.4. The number of nitro benzene ring substituents is 1. The van der Waals surface area contributed by atoms with Crippen LogP contribution in [0.4, 0.5) is 5.69 Å². The third-order valence-corrected chi connectivity index (χ3v) is 8.58. The zero-order valence-electron chi connectivity index (χ0n) is 24.8. The predicted molar refractivity (Wildman–Crippen MR) is 185 cm³/mol. The monoisotopic (exact) mass is 684 g/mol. The maximum atomic E-state index is 13.8. The van der Waals surface area contributed by atoms with Gasteiger partial charge in [0, 0.05) is 28.2 Å². The Morgan fingerprint density at radius 2 is 1.43 bits per heavy atom. The summed E-state index contributed by atoms with van der Waals surface area (Å²) in [4.78, 5) is 38.5. The number of benzene rings is 4. The number of ether oxygens (including phenoxy) is 2. The number of carbonyl (C=O) groups excluding carboxylic acids is 2. The fourth-order valence-electron chi connectivity index (χ4n) is 5.72. The molecule has 1 aromatic heterocycles. The first-order chi connectivity index (χ1) is 22.6. The van der Waals surface area contributed by atoms with Crippen LogP contribution >= 0.6 is 34.8 Å². The molecule has 0 unspecified atom stereocenters. The van der Waals surface area contributed by atoms with Crippen LogP contribution < -0.4 is 4.57 Å². The Balaban J connectivity index is 1.65. The Bertz CT molecular complexity index is 2280. The third kappa shape index (κ3) is 5.83. The van der Waals surface area contributed by atoms with Gasteiger partial charge in [-0.15, -0.1) is 0 Å². The van der Waals surface area contributed by atoms with Crippen molar-refractivity contribution in [2.45, 2.75) is 0 Å². The molecule has 8 nitrogen and oxygen atoms in total. The minimum Gasteiger partial charge on any atom is -0.490 e. The van der Waals surface area contributed by atoms with Gasteiger partial charge in [-0.3, -0.25) is 14.9 Å². The van der Waals surface area contributed by atoms with Crippen LogP contribution in [0.1, 0.15) is 16.7 Å². The zero-order chi connectivity index (χ0) is 33.4. The number of halogens is 3. The summed E-state index contributed by atoms with van der Waals surface area (Å²) in [5.74, 6) is -1.56. The molecule has 0 aliphatic rings. The van der Waals surface area contributed by atoms with Gasteiger partial charge in [0.05, 0.1) is 30.1 Å². The highest BCUT2D eigenvalue weighted by Gasteiger charge is 2.32. The van der Waals surface area contributed by atoms with Gasteiger partial charge in [0.1, 0.15) is 5.02 Å². The van der Waals surface area contributed by atoms with E-state index in [4.69, 9.17) is 44.3 Å². The van der Waals surface area contributed by atoms with Crippen LogP contribution in [0, 0.1) is 10.1 Å². The number of rotatable bonds is 7. The highest BCUT2D eigenvalue weighted by molar-refractivity contribution is 6.40. The molecule has 0 spiro atoms. The third-order valence-electron chi connectivity index (χ3n) is 7.79. The van der Waals surface area contributed by atoms with E-state index in [1.165, 1.54) is 26.4 Å². The van der Waals surface area contributed by atoms with Crippen LogP contribution in [0.2, 0.25) is 15.1 Å². The van der Waals surface area contributed by atoms with E-state index in [-0.39, 0.29) is 22.0 Å². The van der Waals surface area contributed by atoms with Crippen molar-refractivity contribution in [1.29, 1.82) is 0 Å². The number of hydrogen-bond acceptors (Lipinski definition) is 6. The Morgan fingerprint density at radius 3 is 2.04 bits per heavy atom. The van der Waals surface area contributed by atoms with Gasteiger partial charge in [-0.2, -0.15) is 4.57 Å². The van der Waals surface area contributed by atoms with Crippen LogP contribution in [0.15, 0.2) is 91.1 Å². The van der Waals surface area contributed by atoms with Crippen molar-refractivity contribution in [3.8, 4) is 0 Å². The first-order valence-electron chi connectivity index (χ1n) is 14.1. The number of esters is 2. The second-order valence-corrected chi connectivity index (χ2v) is 11.7. The van der Waals surface area contributed by atoms with E-state index >= 15 is 0 Å². The number of fused-ring (bicyclic) bond motifs is 4. The first kappa shape index (κ1) is 31.8. The van der Waals surface area contributed by atoms with E-state index in [1.54, 1.807) is 71.4 Å². The minimum absolute atomic E-state index is 0.0387. The lowest BCUT2D eigenvalue weighted by Gasteiger charge is -2.16. The van der Waals surface area contributed by atoms with Crippen molar-refractivity contribution in [2.75, 3.05) is 14.2 Å². The molecule has 0 amide bonds. The Morgan fingerprint density at radius 1 is 0.787 bits per heavy atom. The lowest BCUT2D eigenvalue weighted by atomic mass is 9.99. The maximum Gasteiger partial charge on any atom is 0.379 e. The number of nitro groups is 1. The summed E-state index contributed by atoms with van der Waals surface area (Å²) in [5.41, 5.74) is 1.94. The van der Waals surface area contributed by atoms with Gasteiger partial charge in [0.15, 0.2) is 6.20 Å². The van der Waals surface area contributed by atoms with Crippen molar-refractivity contribution >= 4 is 108 Å². The van der Waals surface area contributed by atoms with Crippen molar-refractivity contribution < 1.29 is 28.6 Å². The molecule has 6 rings (SSSR count). The van der Waals surface area contributed by atoms with Crippen LogP contribution in [-0.4, -0.2) is 31.1 Å². The summed E-state index contributed by atoms with van der Waals surface area (Å²) in [7, 11) is 2.47. The molecule has 0 aliphatic carbocycles. The molecule has 47 heavy (non-hydrogen) atoms. The van der Waals surface area contributed by atoms with Gasteiger partial charge in [-0.05, 0) is 23.3 Å². The fraction of sp³-hybridized carbons (Fsp3) is 0.0556. The number of para-hydroxylation sites is 1. The average molecular weight is 686 g/mol. The van der Waals surface area contributed by atoms with Gasteiger partial charge in [-0.25, -0.2) is 4.79 Å². The summed E-state index contributed by atoms with van der Waals surface area (Å²) in [6.07, 6.45) is 5.17. The summed E-state index contributed by atoms with van der Waals surface area (Å²) >= 11 is 18.9. The zero-order valence-corrected chi connectivity index (χ0v) is 27.1. The average Bonchev–Trinajstić information content (AvgIpc) is 3.37. The first-order valence-corrected chi connectivity index (χ1v) is 15.2. The number of nitrogens with zero attached hydrogens (tertiary/aromatic N) is 2. The normalized spacial score (nSPS) is 12.1. The van der Waals surface area contributed by atoms with Crippen LogP contribution in [0.3, 0.4) is 0 Å². The summed E-state index contributed by atoms with van der Waals surface area (Å²) in [6, 6.07) is 24.2. The molecule has 0 atom stereocenters. The standard InChI is InChI=1S/C36H23Cl3N2O6/c1-46-35(42)33(32-27-18-22(37)10-12-25(27)26-13-11-23(38)19-28(26)32)34(36(43)47-2)40-16-15-21(24-5-3-4-6-30(24)40)9-7-20-8-14-29(39)31(17-20)41(44)45/h3-19H,1-2H3/b9-7+,34-33-. The molecule has 0 saturated heterocycles. The number of aromatic nitrogens is 1. The fourth-order valence-corrected chi connectivity index (χ4v) is 6.25. The van der Waals surface area contributed by atoms with Gasteiger partial charge in [-0.1, -0.05) is 129 Å². The SMILES string of the molecule is COC(=O)/C(=C(/C(=O)OC)[n+]1ccc(/C=C/c2ccc(Cl)c([N+](=O)[O-])c2)c2ccccc21)[c-]1c2cc(Cl)ccc2c2ccc(Cl)cc21. The Hall–Kier alpha value is -5.15. The number of methoxy groups -OCH3 is 2. The molecule has 11 heteroatoms. The van der Waals surface area contributed by atoms with E-state index in [2.05, 4.69) is 0 Å². The van der Waals surface area contributed by atoms with Crippen molar-refractivity contribution in [3.63, 3.8) is 0 Å². The topological polar surface area (TPSA) is 99.6 Å². The largest absolute Gasteiger partial charge is 0.490 e. The highest BCUT2D eigenvalue weighted by Crippen LogP contribution is 2.42. The van der Waals surface area contributed by atoms with E-state index in [9.17, 15) is 19.7 Å². The quantitative estimate of drug-likeness (QED) is 0.0416. The van der Waals surface area contributed by atoms with Crippen LogP contribution in [0.5, 0.6) is 0 Å². The number of hydrogen-bond donors (Lipinski definition) is 0. The summed E-state index contributed by atoms with van der Waals surface area (Å²) in [5, 5.41) is 15.9. The molecule has 0 aliphatic heterocycles. The lowest BCUT2D eigenvalue weighted by Crippen LogP contribution is -2.39. The second kappa shape index (κ2) is 12.9. The van der Waals surface area contributed by atoms with E-state index in [0.717, 1.165) is 16.3 Å². The molecule has 0 radical (unpaired) electrons. The van der Waals surface area contributed by atoms with Gasteiger partial charge in [0.2, 0.25) is 5.52 Å². The van der Waals surface area contributed by atoms with E-state index in [0.29, 0.717) is 42.8 Å². The molecule has 0 bridgehead atoms. The molecular formula is C36H23Cl3N2O6. The maximum absolute atomic E-state index is 13.8. The summed E-state index contributed by atoms with van der Waals surface area (Å²) < 4.78 is 12.2. The Labute approximate surface area is 283 Å². The van der Waals surface area contributed by atoms with Crippen LogP contribution in [-0.2, 0) is 19.1 Å². The van der Waals surface area contributed by atoms with Gasteiger partial charge >= 0.3 is 5.97 Å². The molecule has 0 saturated carbocycles. The Kier molecular flexibility index (Phi) is 8.75. The van der Waals surface area contributed by atoms with Gasteiger partial charge in [0.25, 0.3) is 17.4 Å². The lowest BCUT2D eigenvalue weighted by molar-refractivity contribution is -0.548. The van der Waals surface area contributed by atoms with Crippen molar-refractivity contribution in [2.24, 2.45) is 0 Å². The van der Waals surface area contributed by atoms with Crippen LogP contribution in [0.25, 0.3) is 55.9 Å². The smallest absolute Gasteiger partial charge is 0.379 e. The molecule has 0 N–H and O–H groups in total. The van der Waals surface area contributed by atoms with Gasteiger partial charge < -0.3 is 9.47 Å². The molecular weight excluding hydrogens is 663 g/mol. The minimum atomic E-state index is -0.788.